The number of hydrogen-bond acceptors (Lipinski definition) is 5. The highest BCUT2D eigenvalue weighted by Crippen LogP contribution is 2.29. The lowest BCUT2D eigenvalue weighted by molar-refractivity contribution is 0.280. The molecule has 0 saturated heterocycles. The van der Waals surface area contributed by atoms with Crippen molar-refractivity contribution in [3.05, 3.63) is 53.1 Å². The van der Waals surface area contributed by atoms with Gasteiger partial charge in [0.15, 0.2) is 16.6 Å². The van der Waals surface area contributed by atoms with Crippen molar-refractivity contribution in [1.29, 1.82) is 0 Å². The summed E-state index contributed by atoms with van der Waals surface area (Å²) in [5.41, 5.74) is 3.03. The van der Waals surface area contributed by atoms with Crippen molar-refractivity contribution in [3.63, 3.8) is 0 Å². The molecule has 2 aromatic rings. The van der Waals surface area contributed by atoms with Gasteiger partial charge in [-0.15, -0.1) is 0 Å². The molecule has 2 rings (SSSR count). The van der Waals surface area contributed by atoms with Gasteiger partial charge < -0.3 is 24.2 Å². The molecule has 31 heavy (non-hydrogen) atoms. The summed E-state index contributed by atoms with van der Waals surface area (Å²) >= 11 is 0. The van der Waals surface area contributed by atoms with Crippen LogP contribution >= 0.6 is 0 Å². The van der Waals surface area contributed by atoms with E-state index in [1.54, 1.807) is 31.4 Å². The van der Waals surface area contributed by atoms with Crippen LogP contribution in [0.3, 0.4) is 0 Å². The van der Waals surface area contributed by atoms with E-state index in [1.807, 2.05) is 12.1 Å². The zero-order valence-electron chi connectivity index (χ0n) is 19.6. The Kier molecular flexibility index (Phi) is 9.18. The molecular formula is C24H38O5Si2. The molecule has 0 aliphatic carbocycles. The van der Waals surface area contributed by atoms with Crippen molar-refractivity contribution in [1.82, 2.24) is 0 Å². The number of ether oxygens (including phenoxy) is 1. The van der Waals surface area contributed by atoms with Crippen LogP contribution in [0.4, 0.5) is 0 Å². The highest BCUT2D eigenvalue weighted by atomic mass is 28.4. The van der Waals surface area contributed by atoms with E-state index in [-0.39, 0.29) is 18.1 Å². The van der Waals surface area contributed by atoms with E-state index in [4.69, 9.17) is 8.85 Å². The first-order valence-electron chi connectivity index (χ1n) is 11.0. The second kappa shape index (κ2) is 11.2. The quantitative estimate of drug-likeness (QED) is 0.358. The third kappa shape index (κ3) is 8.33. The van der Waals surface area contributed by atoms with E-state index in [1.165, 1.54) is 0 Å². The maximum atomic E-state index is 9.62. The molecule has 0 aliphatic heterocycles. The monoisotopic (exact) mass is 462 g/mol. The van der Waals surface area contributed by atoms with E-state index in [2.05, 4.69) is 26.2 Å². The van der Waals surface area contributed by atoms with Gasteiger partial charge in [-0.25, -0.2) is 0 Å². The molecule has 0 unspecified atom stereocenters. The summed E-state index contributed by atoms with van der Waals surface area (Å²) in [7, 11) is -1.95. The topological polar surface area (TPSA) is 79.2 Å². The minimum Gasteiger partial charge on any atom is -0.508 e. The van der Waals surface area contributed by atoms with Crippen LogP contribution in [0.25, 0.3) is 0 Å². The summed E-state index contributed by atoms with van der Waals surface area (Å²) in [5.74, 6) is 1.17. The Morgan fingerprint density at radius 1 is 0.742 bits per heavy atom. The molecule has 0 aromatic heterocycles. The molecule has 0 saturated carbocycles. The molecule has 7 heteroatoms. The Hall–Kier alpha value is -1.81. The fraction of sp³-hybridized carbons (Fsp3) is 0.500. The third-order valence-corrected chi connectivity index (χ3v) is 13.2. The predicted molar refractivity (Wildman–Crippen MR) is 131 cm³/mol. The van der Waals surface area contributed by atoms with Crippen LogP contribution in [0.5, 0.6) is 17.2 Å². The van der Waals surface area contributed by atoms with E-state index in [9.17, 15) is 15.3 Å². The van der Waals surface area contributed by atoms with Gasteiger partial charge in [-0.1, -0.05) is 12.1 Å². The van der Waals surface area contributed by atoms with Crippen LogP contribution in [-0.2, 0) is 23.6 Å². The summed E-state index contributed by atoms with van der Waals surface area (Å²) in [6, 6.07) is 12.7. The molecule has 0 fully saturated rings. The molecule has 0 bridgehead atoms. The molecule has 3 N–H and O–H groups in total. The fourth-order valence-electron chi connectivity index (χ4n) is 4.20. The highest BCUT2D eigenvalue weighted by Gasteiger charge is 2.32. The molecule has 0 atom stereocenters. The minimum absolute atomic E-state index is 0.0488. The van der Waals surface area contributed by atoms with Crippen LogP contribution in [-0.4, -0.2) is 39.1 Å². The molecule has 5 nitrogen and oxygen atoms in total. The number of aliphatic hydroxyl groups excluding tert-OH is 1. The minimum atomic E-state index is -1.79. The smallest absolute Gasteiger partial charge is 0.173 e. The van der Waals surface area contributed by atoms with E-state index >= 15 is 0 Å². The summed E-state index contributed by atoms with van der Waals surface area (Å²) in [6.07, 6.45) is 3.86. The number of phenolic OH excluding ortho intramolecular Hbond substituents is 2. The van der Waals surface area contributed by atoms with Crippen molar-refractivity contribution >= 4 is 16.6 Å². The average Bonchev–Trinajstić information content (AvgIpc) is 2.68. The molecule has 0 aliphatic rings. The molecular weight excluding hydrogens is 424 g/mol. The number of aryl methyl sites for hydroxylation is 2. The standard InChI is InChI=1S/C24H38O5Si2/c1-28-24-17-23(27)13-11-20(24)9-7-15-31(4,5)29-30(2,3)14-6-8-19-10-12-22(26)16-21(19)18-25/h10-13,16-17,25-27H,6-9,14-15,18H2,1-5H3. The SMILES string of the molecule is COc1cc(O)ccc1CCC[Si](C)(C)O[Si](C)(C)CCCc1ccc(O)cc1CO. The second-order valence-electron chi connectivity index (χ2n) is 9.44. The Morgan fingerprint density at radius 2 is 1.26 bits per heavy atom. The highest BCUT2D eigenvalue weighted by molar-refractivity contribution is 6.84. The van der Waals surface area contributed by atoms with Gasteiger partial charge in [0.25, 0.3) is 0 Å². The first kappa shape index (κ1) is 25.5. The van der Waals surface area contributed by atoms with Crippen molar-refractivity contribution < 1.29 is 24.2 Å². The third-order valence-electron chi connectivity index (χ3n) is 5.63. The van der Waals surface area contributed by atoms with Crippen molar-refractivity contribution in [2.24, 2.45) is 0 Å². The molecule has 172 valence electrons. The average molecular weight is 463 g/mol. The lowest BCUT2D eigenvalue weighted by atomic mass is 10.0. The summed E-state index contributed by atoms with van der Waals surface area (Å²) < 4.78 is 12.2. The van der Waals surface area contributed by atoms with Gasteiger partial charge in [-0.3, -0.25) is 0 Å². The van der Waals surface area contributed by atoms with Crippen LogP contribution in [0, 0.1) is 0 Å². The summed E-state index contributed by atoms with van der Waals surface area (Å²) in [6.45, 7) is 9.16. The largest absolute Gasteiger partial charge is 0.508 e. The van der Waals surface area contributed by atoms with Crippen molar-refractivity contribution in [2.75, 3.05) is 7.11 Å². The van der Waals surface area contributed by atoms with Gasteiger partial charge in [0, 0.05) is 6.07 Å². The van der Waals surface area contributed by atoms with E-state index in [0.29, 0.717) is 0 Å². The van der Waals surface area contributed by atoms with E-state index < -0.39 is 16.6 Å². The fourth-order valence-corrected chi connectivity index (χ4v) is 13.1. The van der Waals surface area contributed by atoms with Crippen molar-refractivity contribution in [3.8, 4) is 17.2 Å². The molecule has 0 heterocycles. The number of hydrogen-bond donors (Lipinski definition) is 3. The maximum absolute atomic E-state index is 9.62. The van der Waals surface area contributed by atoms with Gasteiger partial charge >= 0.3 is 0 Å². The van der Waals surface area contributed by atoms with Gasteiger partial charge in [-0.05, 0) is 98.8 Å². The lowest BCUT2D eigenvalue weighted by Crippen LogP contribution is -2.44. The Morgan fingerprint density at radius 3 is 1.81 bits per heavy atom. The molecule has 2 aromatic carbocycles. The molecule has 0 radical (unpaired) electrons. The first-order valence-corrected chi connectivity index (χ1v) is 17.3. The predicted octanol–water partition coefficient (Wildman–Crippen LogP) is 5.59. The van der Waals surface area contributed by atoms with Crippen LogP contribution in [0.2, 0.25) is 38.3 Å². The second-order valence-corrected chi connectivity index (χ2v) is 18.3. The van der Waals surface area contributed by atoms with Gasteiger partial charge in [0.2, 0.25) is 0 Å². The Balaban J connectivity index is 1.84. The van der Waals surface area contributed by atoms with Gasteiger partial charge in [0.1, 0.15) is 17.2 Å². The lowest BCUT2D eigenvalue weighted by Gasteiger charge is -2.34. The van der Waals surface area contributed by atoms with Crippen LogP contribution < -0.4 is 4.74 Å². The van der Waals surface area contributed by atoms with Crippen molar-refractivity contribution in [2.45, 2.75) is 70.6 Å². The number of aromatic hydroxyl groups is 2. The van der Waals surface area contributed by atoms with Crippen LogP contribution in [0.1, 0.15) is 29.5 Å². The summed E-state index contributed by atoms with van der Waals surface area (Å²) in [5, 5.41) is 28.7. The Bertz CT molecular complexity index is 782. The normalized spacial score (nSPS) is 12.2. The zero-order chi connectivity index (χ0) is 23.1. The number of rotatable bonds is 12. The van der Waals surface area contributed by atoms with Crippen LogP contribution in [0.15, 0.2) is 36.4 Å². The zero-order valence-corrected chi connectivity index (χ0v) is 21.6. The first-order chi connectivity index (χ1) is 14.5. The van der Waals surface area contributed by atoms with Gasteiger partial charge in [0.05, 0.1) is 13.7 Å². The maximum Gasteiger partial charge on any atom is 0.173 e. The summed E-state index contributed by atoms with van der Waals surface area (Å²) in [4.78, 5) is 0. The molecule has 0 amide bonds. The number of benzene rings is 2. The number of aliphatic hydroxyl groups is 1. The number of phenols is 2. The Labute approximate surface area is 188 Å². The van der Waals surface area contributed by atoms with E-state index in [0.717, 1.165) is 60.2 Å². The van der Waals surface area contributed by atoms with Gasteiger partial charge in [-0.2, -0.15) is 0 Å². The molecule has 0 spiro atoms. The number of methoxy groups -OCH3 is 1.